The molecule has 0 aromatic heterocycles. The Bertz CT molecular complexity index is 1260. The van der Waals surface area contributed by atoms with Gasteiger partial charge in [-0.1, -0.05) is 261 Å². The fourth-order valence-corrected chi connectivity index (χ4v) is 7.98. The van der Waals surface area contributed by atoms with E-state index >= 15 is 0 Å². The lowest BCUT2D eigenvalue weighted by atomic mass is 10.0. The number of hydrogen-bond donors (Lipinski definition) is 0. The Morgan fingerprint density at radius 1 is 0.313 bits per heavy atom. The quantitative estimate of drug-likeness (QED) is 0.0262. The van der Waals surface area contributed by atoms with Gasteiger partial charge in [-0.05, 0) is 70.6 Å². The Kier molecular flexibility index (Phi) is 52.8. The van der Waals surface area contributed by atoms with Crippen LogP contribution in [0.3, 0.4) is 0 Å². The van der Waals surface area contributed by atoms with Gasteiger partial charge in [0.15, 0.2) is 6.10 Å². The number of rotatable bonds is 51. The highest BCUT2D eigenvalue weighted by Gasteiger charge is 2.19. The Hall–Kier alpha value is -3.15. The average molecular weight is 936 g/mol. The minimum absolute atomic E-state index is 0.0854. The SMILES string of the molecule is CC/C=C\C/C=C\C/C=C\C/C=C\C/C=C\C/C=C\CCCCC(=O)OCC(COC(=O)CCCCCCCCCCCCCCCC)OC(=O)CCCCCCCCCCCCCCCC. The molecule has 0 rings (SSSR count). The standard InChI is InChI=1S/C61H106O6/c1-4-7-10-13-16-19-22-25-28-29-30-31-32-33-34-37-39-42-45-48-51-54-60(63)66-57-58(67-61(64)55-52-49-46-43-40-36-27-24-21-18-15-12-9-6-3)56-65-59(62)53-50-47-44-41-38-35-26-23-20-17-14-11-8-5-2/h7,10,16,19,25,28,30-31,33-34,39,42,58H,4-6,8-9,11-15,17-18,20-24,26-27,29,32,35-38,40-41,43-57H2,1-3H3/b10-7-,19-16-,28-25-,31-30-,34-33-,42-39-. The molecule has 0 radical (unpaired) electrons. The molecular formula is C61H106O6. The fraction of sp³-hybridized carbons (Fsp3) is 0.754. The fourth-order valence-electron chi connectivity index (χ4n) is 7.98. The number of unbranched alkanes of at least 4 members (excludes halogenated alkanes) is 28. The molecule has 0 heterocycles. The predicted octanol–water partition coefficient (Wildman–Crippen LogP) is 19.0. The van der Waals surface area contributed by atoms with Gasteiger partial charge in [0.05, 0.1) is 0 Å². The highest BCUT2D eigenvalue weighted by atomic mass is 16.6. The zero-order chi connectivity index (χ0) is 48.6. The van der Waals surface area contributed by atoms with E-state index in [0.717, 1.165) is 96.3 Å². The third-order valence-corrected chi connectivity index (χ3v) is 12.2. The first kappa shape index (κ1) is 63.8. The average Bonchev–Trinajstić information content (AvgIpc) is 3.33. The molecular weight excluding hydrogens is 829 g/mol. The van der Waals surface area contributed by atoms with Crippen LogP contribution in [-0.2, 0) is 28.6 Å². The van der Waals surface area contributed by atoms with Crippen molar-refractivity contribution in [2.45, 2.75) is 284 Å². The van der Waals surface area contributed by atoms with Crippen molar-refractivity contribution in [3.63, 3.8) is 0 Å². The van der Waals surface area contributed by atoms with Crippen molar-refractivity contribution in [2.75, 3.05) is 13.2 Å². The van der Waals surface area contributed by atoms with Crippen LogP contribution < -0.4 is 0 Å². The van der Waals surface area contributed by atoms with Crippen LogP contribution in [-0.4, -0.2) is 37.2 Å². The monoisotopic (exact) mass is 935 g/mol. The highest BCUT2D eigenvalue weighted by molar-refractivity contribution is 5.71. The largest absolute Gasteiger partial charge is 0.462 e. The zero-order valence-electron chi connectivity index (χ0n) is 44.2. The Morgan fingerprint density at radius 3 is 0.910 bits per heavy atom. The van der Waals surface area contributed by atoms with E-state index in [0.29, 0.717) is 19.3 Å². The summed E-state index contributed by atoms with van der Waals surface area (Å²) < 4.78 is 16.8. The summed E-state index contributed by atoms with van der Waals surface area (Å²) in [5.41, 5.74) is 0. The Labute approximate surface area is 414 Å². The molecule has 0 saturated heterocycles. The first-order chi connectivity index (χ1) is 33.0. The van der Waals surface area contributed by atoms with Crippen LogP contribution in [0.25, 0.3) is 0 Å². The van der Waals surface area contributed by atoms with Gasteiger partial charge in [-0.2, -0.15) is 0 Å². The second-order valence-electron chi connectivity index (χ2n) is 18.8. The van der Waals surface area contributed by atoms with Gasteiger partial charge in [0.25, 0.3) is 0 Å². The number of carbonyl (C=O) groups excluding carboxylic acids is 3. The molecule has 0 aromatic rings. The first-order valence-electron chi connectivity index (χ1n) is 28.4. The topological polar surface area (TPSA) is 78.9 Å². The van der Waals surface area contributed by atoms with Gasteiger partial charge in [-0.3, -0.25) is 14.4 Å². The van der Waals surface area contributed by atoms with Gasteiger partial charge in [-0.25, -0.2) is 0 Å². The maximum absolute atomic E-state index is 12.8. The maximum atomic E-state index is 12.8. The van der Waals surface area contributed by atoms with E-state index in [1.54, 1.807) is 0 Å². The van der Waals surface area contributed by atoms with Crippen molar-refractivity contribution in [3.05, 3.63) is 72.9 Å². The second-order valence-corrected chi connectivity index (χ2v) is 18.8. The lowest BCUT2D eigenvalue weighted by Gasteiger charge is -2.18. The number of carbonyl (C=O) groups is 3. The molecule has 0 aliphatic heterocycles. The van der Waals surface area contributed by atoms with E-state index < -0.39 is 6.10 Å². The van der Waals surface area contributed by atoms with Crippen LogP contribution in [0.4, 0.5) is 0 Å². The van der Waals surface area contributed by atoms with Crippen LogP contribution in [0, 0.1) is 0 Å². The van der Waals surface area contributed by atoms with E-state index in [1.165, 1.54) is 141 Å². The summed E-state index contributed by atoms with van der Waals surface area (Å²) in [6.45, 7) is 6.51. The van der Waals surface area contributed by atoms with Crippen molar-refractivity contribution < 1.29 is 28.6 Å². The van der Waals surface area contributed by atoms with Gasteiger partial charge in [0, 0.05) is 19.3 Å². The first-order valence-corrected chi connectivity index (χ1v) is 28.4. The predicted molar refractivity (Wildman–Crippen MR) is 288 cm³/mol. The maximum Gasteiger partial charge on any atom is 0.306 e. The third kappa shape index (κ3) is 53.7. The van der Waals surface area contributed by atoms with Crippen LogP contribution in [0.2, 0.25) is 0 Å². The van der Waals surface area contributed by atoms with Crippen LogP contribution in [0.15, 0.2) is 72.9 Å². The summed E-state index contributed by atoms with van der Waals surface area (Å²) in [5, 5.41) is 0. The van der Waals surface area contributed by atoms with Gasteiger partial charge in [-0.15, -0.1) is 0 Å². The van der Waals surface area contributed by atoms with E-state index in [2.05, 4.69) is 93.7 Å². The highest BCUT2D eigenvalue weighted by Crippen LogP contribution is 2.16. The molecule has 0 saturated carbocycles. The van der Waals surface area contributed by atoms with Crippen molar-refractivity contribution in [2.24, 2.45) is 0 Å². The summed E-state index contributed by atoms with van der Waals surface area (Å²) >= 11 is 0. The van der Waals surface area contributed by atoms with Crippen molar-refractivity contribution >= 4 is 17.9 Å². The molecule has 0 fully saturated rings. The molecule has 0 spiro atoms. The molecule has 6 nitrogen and oxygen atoms in total. The van der Waals surface area contributed by atoms with E-state index in [9.17, 15) is 14.4 Å². The number of esters is 3. The number of ether oxygens (including phenoxy) is 3. The molecule has 6 heteroatoms. The van der Waals surface area contributed by atoms with Crippen molar-refractivity contribution in [1.82, 2.24) is 0 Å². The lowest BCUT2D eigenvalue weighted by Crippen LogP contribution is -2.30. The molecule has 67 heavy (non-hydrogen) atoms. The van der Waals surface area contributed by atoms with Crippen molar-refractivity contribution in [3.8, 4) is 0 Å². The molecule has 0 amide bonds. The van der Waals surface area contributed by atoms with Gasteiger partial charge < -0.3 is 14.2 Å². The smallest absolute Gasteiger partial charge is 0.306 e. The lowest BCUT2D eigenvalue weighted by molar-refractivity contribution is -0.167. The van der Waals surface area contributed by atoms with E-state index in [4.69, 9.17) is 14.2 Å². The summed E-state index contributed by atoms with van der Waals surface area (Å²) in [6, 6.07) is 0. The van der Waals surface area contributed by atoms with Crippen LogP contribution >= 0.6 is 0 Å². The second kappa shape index (κ2) is 55.4. The van der Waals surface area contributed by atoms with Crippen LogP contribution in [0.1, 0.15) is 278 Å². The molecule has 0 aliphatic rings. The molecule has 0 N–H and O–H groups in total. The molecule has 1 atom stereocenters. The van der Waals surface area contributed by atoms with E-state index in [1.807, 2.05) is 0 Å². The molecule has 386 valence electrons. The number of hydrogen-bond acceptors (Lipinski definition) is 6. The summed E-state index contributed by atoms with van der Waals surface area (Å²) in [5.74, 6) is -0.920. The number of allylic oxidation sites excluding steroid dienone is 12. The zero-order valence-corrected chi connectivity index (χ0v) is 44.2. The van der Waals surface area contributed by atoms with Gasteiger partial charge in [0.1, 0.15) is 13.2 Å². The molecule has 0 aliphatic carbocycles. The molecule has 0 aromatic carbocycles. The van der Waals surface area contributed by atoms with Crippen molar-refractivity contribution in [1.29, 1.82) is 0 Å². The Morgan fingerprint density at radius 2 is 0.582 bits per heavy atom. The van der Waals surface area contributed by atoms with Gasteiger partial charge >= 0.3 is 17.9 Å². The molecule has 1 unspecified atom stereocenters. The van der Waals surface area contributed by atoms with E-state index in [-0.39, 0.29) is 31.1 Å². The van der Waals surface area contributed by atoms with Crippen LogP contribution in [0.5, 0.6) is 0 Å². The molecule has 0 bridgehead atoms. The Balaban J connectivity index is 4.42. The normalized spacial score (nSPS) is 12.6. The summed E-state index contributed by atoms with van der Waals surface area (Å²) in [4.78, 5) is 38.1. The third-order valence-electron chi connectivity index (χ3n) is 12.2. The van der Waals surface area contributed by atoms with Gasteiger partial charge in [0.2, 0.25) is 0 Å². The minimum atomic E-state index is -0.790. The summed E-state index contributed by atoms with van der Waals surface area (Å²) in [6.07, 6.45) is 70.3. The minimum Gasteiger partial charge on any atom is -0.462 e. The summed E-state index contributed by atoms with van der Waals surface area (Å²) in [7, 11) is 0.